The minimum absolute atomic E-state index is 0.313. The van der Waals surface area contributed by atoms with E-state index < -0.39 is 15.8 Å². The molecule has 0 N–H and O–H groups in total. The summed E-state index contributed by atoms with van der Waals surface area (Å²) in [6.07, 6.45) is 21.1. The molecule has 15 fully saturated rings. The summed E-state index contributed by atoms with van der Waals surface area (Å²) in [6.45, 7) is 0. The standard InChI is InChI=1S/C90H98N8P2/c1-9-31-57(32-10-1)91-67-49-27-25-47-65(67)77-73(91)55-75-87-79(77)93(59-35-13-3-14-36-59)69-51-29-53-71-85(69)99(87)89-82(96(71)62-41-19-6-20-42-62)84-90-81(83(89)97(75)63-43-21-7-22-44-63)95(61-39-17-5-18-40-61)72-54-30-52-70-86(72)100(90)88-76(98(84)64-45-23-8-24-46-64)56-74-78(80(88)94(70)60-37-15-4-16-38-60)66-48-26-28-50-68(66)92(74)58-33-11-2-12-34-58/h1-24,31-46,65-90H,25-30,47-56H2. The summed E-state index contributed by atoms with van der Waals surface area (Å²) >= 11 is 0. The second kappa shape index (κ2) is 23.3. The van der Waals surface area contributed by atoms with Crippen molar-refractivity contribution in [2.45, 2.75) is 233 Å². The van der Waals surface area contributed by atoms with Crippen molar-refractivity contribution < 1.29 is 0 Å². The number of fused-ring (bicyclic) bond motifs is 10. The summed E-state index contributed by atoms with van der Waals surface area (Å²) in [6, 6.07) is 106. The van der Waals surface area contributed by atoms with Gasteiger partial charge in [0.1, 0.15) is 0 Å². The van der Waals surface area contributed by atoms with Crippen LogP contribution in [0.3, 0.4) is 0 Å². The van der Waals surface area contributed by atoms with E-state index in [1.165, 1.54) is 148 Å². The third kappa shape index (κ3) is 8.25. The molecule has 28 unspecified atom stereocenters. The lowest BCUT2D eigenvalue weighted by atomic mass is 9.65. The number of nitrogens with zero attached hydrogens (tertiary/aromatic N) is 8. The Hall–Kier alpha value is -6.98. The molecule has 0 spiro atoms. The van der Waals surface area contributed by atoms with Crippen molar-refractivity contribution in [1.29, 1.82) is 0 Å². The largest absolute Gasteiger partial charge is 0.365 e. The van der Waals surface area contributed by atoms with Crippen molar-refractivity contribution >= 4 is 61.3 Å². The monoisotopic (exact) mass is 1350 g/mol. The fourth-order valence-corrected chi connectivity index (χ4v) is 38.8. The van der Waals surface area contributed by atoms with Crippen LogP contribution in [-0.4, -0.2) is 131 Å². The number of anilines is 8. The Bertz CT molecular complexity index is 3990. The average molecular weight is 1350 g/mol. The van der Waals surface area contributed by atoms with Crippen molar-refractivity contribution in [2.75, 3.05) is 39.2 Å². The van der Waals surface area contributed by atoms with Crippen LogP contribution >= 0.6 is 15.8 Å². The van der Waals surface area contributed by atoms with Crippen LogP contribution in [0.5, 0.6) is 0 Å². The molecular formula is C90H98N8P2. The summed E-state index contributed by atoms with van der Waals surface area (Å²) in [4.78, 5) is 26.5. The molecule has 7 saturated carbocycles. The molecule has 0 amide bonds. The fraction of sp³-hybridized carbons (Fsp3) is 0.467. The van der Waals surface area contributed by atoms with E-state index in [-0.39, 0.29) is 0 Å². The van der Waals surface area contributed by atoms with Crippen LogP contribution in [0.1, 0.15) is 103 Å². The van der Waals surface area contributed by atoms with Gasteiger partial charge in [-0.3, -0.25) is 0 Å². The van der Waals surface area contributed by atoms with E-state index in [4.69, 9.17) is 0 Å². The number of hydrogen-bond acceptors (Lipinski definition) is 8. The number of hydrogen-bond donors (Lipinski definition) is 0. The van der Waals surface area contributed by atoms with E-state index in [0.29, 0.717) is 154 Å². The Labute approximate surface area is 596 Å². The van der Waals surface area contributed by atoms with E-state index in [9.17, 15) is 0 Å². The molecule has 23 rings (SSSR count). The summed E-state index contributed by atoms with van der Waals surface area (Å²) in [5, 5.41) is 0. The summed E-state index contributed by atoms with van der Waals surface area (Å²) < 4.78 is 0. The van der Waals surface area contributed by atoms with Crippen LogP contribution < -0.4 is 39.2 Å². The molecule has 8 saturated heterocycles. The van der Waals surface area contributed by atoms with Crippen LogP contribution in [0.4, 0.5) is 45.5 Å². The zero-order chi connectivity index (χ0) is 65.0. The zero-order valence-electron chi connectivity index (χ0n) is 57.9. The SMILES string of the molecule is c1ccc(N2C3CCCCC3C3C2CC2C4C3N(c3ccccc3)C3CCCC5C3P4C3C(C4C6C(C3N2c2ccccc2)N(c2ccccc2)C2CCCC3C2P6C2C(CC6C(C7CCCCC7N6c6ccccc6)C2N3c2ccccc2)N4c2ccccc2)N5c2ccccc2)cc1. The normalized spacial score (nSPS) is 41.6. The number of rotatable bonds is 8. The Kier molecular flexibility index (Phi) is 13.9. The lowest BCUT2D eigenvalue weighted by Gasteiger charge is -2.82. The molecule has 0 aromatic heterocycles. The van der Waals surface area contributed by atoms with E-state index in [0.717, 1.165) is 0 Å². The highest BCUT2D eigenvalue weighted by Crippen LogP contribution is 2.81. The molecule has 508 valence electrons. The van der Waals surface area contributed by atoms with Gasteiger partial charge >= 0.3 is 0 Å². The van der Waals surface area contributed by atoms with Gasteiger partial charge in [0.25, 0.3) is 0 Å². The summed E-state index contributed by atoms with van der Waals surface area (Å²) in [5.74, 6) is 2.53. The quantitative estimate of drug-likeness (QED) is 0.139. The lowest BCUT2D eigenvalue weighted by Crippen LogP contribution is -2.91. The maximum Gasteiger partial charge on any atom is 0.0592 e. The Balaban J connectivity index is 0.830. The lowest BCUT2D eigenvalue weighted by molar-refractivity contribution is 0.108. The predicted octanol–water partition coefficient (Wildman–Crippen LogP) is 18.0. The Morgan fingerprint density at radius 2 is 0.420 bits per heavy atom. The molecule has 8 aromatic rings. The van der Waals surface area contributed by atoms with E-state index >= 15 is 0 Å². The zero-order valence-corrected chi connectivity index (χ0v) is 59.7. The first-order valence-electron chi connectivity index (χ1n) is 40.0. The molecular weight excluding hydrogens is 1250 g/mol. The first kappa shape index (κ1) is 59.5. The third-order valence-corrected chi connectivity index (χ3v) is 38.4. The van der Waals surface area contributed by atoms with Gasteiger partial charge in [-0.15, -0.1) is 0 Å². The molecule has 8 heterocycles. The van der Waals surface area contributed by atoms with Crippen molar-refractivity contribution in [2.24, 2.45) is 23.7 Å². The number of benzene rings is 8. The van der Waals surface area contributed by atoms with Crippen LogP contribution in [0.2, 0.25) is 0 Å². The smallest absolute Gasteiger partial charge is 0.0592 e. The Morgan fingerprint density at radius 3 is 0.700 bits per heavy atom. The molecule has 7 aliphatic carbocycles. The fourth-order valence-electron chi connectivity index (χ4n) is 28.3. The predicted molar refractivity (Wildman–Crippen MR) is 416 cm³/mol. The van der Waals surface area contributed by atoms with Crippen LogP contribution in [0, 0.1) is 23.7 Å². The van der Waals surface area contributed by atoms with Gasteiger partial charge in [-0.05, 0) is 186 Å². The first-order valence-corrected chi connectivity index (χ1v) is 43.1. The van der Waals surface area contributed by atoms with Gasteiger partial charge in [0.2, 0.25) is 0 Å². The second-order valence-corrected chi connectivity index (χ2v) is 39.1. The highest BCUT2D eigenvalue weighted by molar-refractivity contribution is 7.61. The molecule has 8 aliphatic heterocycles. The van der Waals surface area contributed by atoms with Gasteiger partial charge in [-0.2, -0.15) is 0 Å². The van der Waals surface area contributed by atoms with E-state index in [2.05, 4.69) is 282 Å². The summed E-state index contributed by atoms with van der Waals surface area (Å²) in [5.41, 5.74) is 15.3. The molecule has 0 radical (unpaired) electrons. The maximum absolute atomic E-state index is 3.42. The van der Waals surface area contributed by atoms with Gasteiger partial charge in [-0.25, -0.2) is 0 Å². The van der Waals surface area contributed by atoms with Crippen molar-refractivity contribution in [3.05, 3.63) is 243 Å². The van der Waals surface area contributed by atoms with Gasteiger partial charge in [0.05, 0.1) is 24.2 Å². The first-order chi connectivity index (χ1) is 49.8. The maximum atomic E-state index is 3.42. The Morgan fingerprint density at radius 1 is 0.190 bits per heavy atom. The highest BCUT2D eigenvalue weighted by atomic mass is 31.1. The average Bonchev–Trinajstić information content (AvgIpc) is 0.831. The van der Waals surface area contributed by atoms with Crippen molar-refractivity contribution in [3.8, 4) is 0 Å². The van der Waals surface area contributed by atoms with E-state index in [1.54, 1.807) is 0 Å². The highest BCUT2D eigenvalue weighted by Gasteiger charge is 2.81. The second-order valence-electron chi connectivity index (χ2n) is 33.8. The molecule has 8 aromatic carbocycles. The van der Waals surface area contributed by atoms with Gasteiger partial charge in [-0.1, -0.05) is 187 Å². The molecule has 100 heavy (non-hydrogen) atoms. The van der Waals surface area contributed by atoms with Crippen molar-refractivity contribution in [1.82, 2.24) is 0 Å². The third-order valence-electron chi connectivity index (χ3n) is 30.4. The van der Waals surface area contributed by atoms with Gasteiger partial charge < -0.3 is 39.2 Å². The molecule has 8 nitrogen and oxygen atoms in total. The van der Waals surface area contributed by atoms with Crippen LogP contribution in [0.15, 0.2) is 243 Å². The molecule has 28 atom stereocenters. The molecule has 15 aliphatic rings. The topological polar surface area (TPSA) is 25.9 Å². The number of para-hydroxylation sites is 8. The van der Waals surface area contributed by atoms with E-state index in [1.807, 2.05) is 0 Å². The summed E-state index contributed by atoms with van der Waals surface area (Å²) in [7, 11) is -1.24. The van der Waals surface area contributed by atoms with Gasteiger partial charge in [0.15, 0.2) is 0 Å². The van der Waals surface area contributed by atoms with Crippen molar-refractivity contribution in [3.63, 3.8) is 0 Å². The van der Waals surface area contributed by atoms with Crippen LogP contribution in [-0.2, 0) is 0 Å². The minimum Gasteiger partial charge on any atom is -0.365 e. The van der Waals surface area contributed by atoms with Gasteiger partial charge in [0, 0.05) is 164 Å². The minimum atomic E-state index is -0.621. The molecule has 10 heteroatoms. The molecule has 0 bridgehead atoms. The van der Waals surface area contributed by atoms with Crippen LogP contribution in [0.25, 0.3) is 0 Å².